The van der Waals surface area contributed by atoms with Gasteiger partial charge in [-0.3, -0.25) is 43.5 Å². The van der Waals surface area contributed by atoms with E-state index in [2.05, 4.69) is 29.7 Å². The van der Waals surface area contributed by atoms with Crippen LogP contribution in [-0.4, -0.2) is 132 Å². The van der Waals surface area contributed by atoms with Crippen molar-refractivity contribution in [1.29, 1.82) is 5.26 Å². The summed E-state index contributed by atoms with van der Waals surface area (Å²) in [6.45, 7) is 5.62. The Morgan fingerprint density at radius 3 is 2.41 bits per heavy atom. The van der Waals surface area contributed by atoms with Gasteiger partial charge in [0.2, 0.25) is 11.8 Å². The predicted octanol–water partition coefficient (Wildman–Crippen LogP) is 3.72. The molecule has 2 aromatic heterocycles. The Morgan fingerprint density at radius 2 is 1.70 bits per heavy atom. The van der Waals surface area contributed by atoms with Crippen LogP contribution in [0.2, 0.25) is 0 Å². The van der Waals surface area contributed by atoms with Crippen molar-refractivity contribution in [3.05, 3.63) is 106 Å². The maximum Gasteiger partial charge on any atom is 0.301 e. The number of ether oxygens (including phenoxy) is 1. The summed E-state index contributed by atoms with van der Waals surface area (Å²) >= 11 is 0. The molecule has 70 heavy (non-hydrogen) atoms. The summed E-state index contributed by atoms with van der Waals surface area (Å²) in [4.78, 5) is 82.1. The first-order chi connectivity index (χ1) is 33.7. The second-order valence-corrected chi connectivity index (χ2v) is 20.6. The number of nitrogens with one attached hydrogen (secondary N) is 2. The number of rotatable bonds is 11. The second-order valence-electron chi connectivity index (χ2n) is 18.9. The summed E-state index contributed by atoms with van der Waals surface area (Å²) in [7, 11) is -4.25. The Morgan fingerprint density at radius 1 is 0.900 bits per heavy atom. The van der Waals surface area contributed by atoms with E-state index >= 15 is 4.39 Å². The third-order valence-electron chi connectivity index (χ3n) is 14.3. The minimum atomic E-state index is -4.25. The highest BCUT2D eigenvalue weighted by Gasteiger charge is 2.54. The number of benzene rings is 3. The van der Waals surface area contributed by atoms with Crippen LogP contribution in [0.25, 0.3) is 16.6 Å². The highest BCUT2D eigenvalue weighted by molar-refractivity contribution is 7.90. The van der Waals surface area contributed by atoms with Gasteiger partial charge in [-0.25, -0.2) is 18.7 Å². The molecule has 2 atom stereocenters. The molecule has 6 aliphatic rings. The topological polar surface area (TPSA) is 223 Å². The predicted molar refractivity (Wildman–Crippen MR) is 249 cm³/mol. The Balaban J connectivity index is 0.687. The van der Waals surface area contributed by atoms with Crippen molar-refractivity contribution < 1.29 is 41.1 Å². The van der Waals surface area contributed by atoms with Crippen LogP contribution in [0.4, 0.5) is 26.0 Å². The summed E-state index contributed by atoms with van der Waals surface area (Å²) in [6.07, 6.45) is 3.83. The molecule has 19 nitrogen and oxygen atoms in total. The van der Waals surface area contributed by atoms with E-state index in [4.69, 9.17) is 9.72 Å². The fraction of sp³-hybridized carbons (Fsp3) is 0.375. The van der Waals surface area contributed by atoms with Gasteiger partial charge < -0.3 is 19.4 Å². The average Bonchev–Trinajstić information content (AvgIpc) is 3.88. The smallest absolute Gasteiger partial charge is 0.301 e. The third kappa shape index (κ3) is 7.96. The molecule has 5 aromatic rings. The van der Waals surface area contributed by atoms with Crippen molar-refractivity contribution in [1.82, 2.24) is 34.0 Å². The number of carbonyl (C=O) groups excluding carboxylic acids is 4. The SMILES string of the molecule is N#Cc1c(NS(=O)(=O)N2CC[C@@H](F)C2)ccc(F)c1Oc1ccc2ncn(-c3ccc(N4CCC(CN5CC6(C5)CN(c5cccc7c5C(=O)N(C5CCC(=O)NC5=O)C7=O)C6)CC4)nc3)c(=O)c2c1. The molecule has 6 aliphatic heterocycles. The van der Waals surface area contributed by atoms with Gasteiger partial charge in [-0.05, 0) is 86.2 Å². The Labute approximate surface area is 399 Å². The number of nitriles is 1. The van der Waals surface area contributed by atoms with E-state index in [1.54, 1.807) is 30.5 Å². The summed E-state index contributed by atoms with van der Waals surface area (Å²) in [5.41, 5.74) is 1.06. The molecule has 2 N–H and O–H groups in total. The Kier molecular flexibility index (Phi) is 11.1. The number of anilines is 3. The number of amides is 4. The van der Waals surface area contributed by atoms with Crippen molar-refractivity contribution in [3.8, 4) is 23.3 Å². The molecule has 5 fully saturated rings. The minimum absolute atomic E-state index is 0.00780. The molecule has 1 spiro atoms. The van der Waals surface area contributed by atoms with Crippen LogP contribution in [-0.2, 0) is 19.8 Å². The van der Waals surface area contributed by atoms with Crippen LogP contribution >= 0.6 is 0 Å². The number of carbonyl (C=O) groups is 4. The zero-order chi connectivity index (χ0) is 48.6. The van der Waals surface area contributed by atoms with Crippen molar-refractivity contribution in [3.63, 3.8) is 0 Å². The number of piperidine rings is 2. The average molecular weight is 974 g/mol. The number of pyridine rings is 1. The molecule has 0 bridgehead atoms. The first kappa shape index (κ1) is 45.1. The van der Waals surface area contributed by atoms with Crippen LogP contribution in [0.5, 0.6) is 11.5 Å². The van der Waals surface area contributed by atoms with Crippen LogP contribution in [0.3, 0.4) is 0 Å². The number of halogens is 2. The number of likely N-dealkylation sites (tertiary alicyclic amines) is 1. The van der Waals surface area contributed by atoms with Crippen LogP contribution in [0, 0.1) is 28.5 Å². The normalized spacial score (nSPS) is 21.7. The standard InChI is InChI=1S/C48H45F2N11O8S/c49-29-14-17-59(22-29)70(67,68)55-37-8-6-35(50)43(34(37)19-51)69-31-5-7-36-33(18-31)45(64)60(27-53-36)30-4-10-40(52-20-30)57-15-12-28(13-16-57)21-56-23-48(24-56)25-58(26-48)38-3-1-2-32-42(38)47(66)61(46(32)65)39-9-11-41(62)54-44(39)63/h1-8,10,18,20,27-29,39,55H,9,11-17,21-26H2,(H,54,62,63)/t29-,39?/m1/s1. The van der Waals surface area contributed by atoms with E-state index in [1.165, 1.54) is 29.1 Å². The zero-order valence-electron chi connectivity index (χ0n) is 37.5. The molecule has 0 radical (unpaired) electrons. The lowest BCUT2D eigenvalue weighted by molar-refractivity contribution is -0.136. The summed E-state index contributed by atoms with van der Waals surface area (Å²) in [5.74, 6) is -2.28. The maximum atomic E-state index is 15.2. The van der Waals surface area contributed by atoms with Crippen molar-refractivity contribution in [2.24, 2.45) is 11.3 Å². The third-order valence-corrected chi connectivity index (χ3v) is 15.8. The van der Waals surface area contributed by atoms with E-state index in [-0.39, 0.29) is 60.2 Å². The van der Waals surface area contributed by atoms with E-state index in [1.807, 2.05) is 12.1 Å². The fourth-order valence-electron chi connectivity index (χ4n) is 10.8. The lowest BCUT2D eigenvalue weighted by Crippen LogP contribution is -2.72. The first-order valence-corrected chi connectivity index (χ1v) is 24.5. The maximum absolute atomic E-state index is 15.2. The molecular formula is C48H45F2N11O8S. The molecular weight excluding hydrogens is 929 g/mol. The van der Waals surface area contributed by atoms with Gasteiger partial charge in [0, 0.05) is 70.7 Å². The summed E-state index contributed by atoms with van der Waals surface area (Å²) in [5, 5.41) is 12.3. The number of aromatic nitrogens is 3. The number of hydrogen-bond donors (Lipinski definition) is 2. The van der Waals surface area contributed by atoms with Crippen LogP contribution < -0.4 is 30.1 Å². The first-order valence-electron chi connectivity index (χ1n) is 23.0. The van der Waals surface area contributed by atoms with Gasteiger partial charge in [0.15, 0.2) is 11.6 Å². The highest BCUT2D eigenvalue weighted by atomic mass is 32.2. The molecule has 8 heterocycles. The van der Waals surface area contributed by atoms with E-state index in [9.17, 15) is 42.0 Å². The van der Waals surface area contributed by atoms with Crippen molar-refractivity contribution in [2.45, 2.75) is 44.3 Å². The van der Waals surface area contributed by atoms with Crippen LogP contribution in [0.1, 0.15) is 58.4 Å². The fourth-order valence-corrected chi connectivity index (χ4v) is 12.1. The Hall–Kier alpha value is -7.35. The van der Waals surface area contributed by atoms with E-state index in [0.29, 0.717) is 28.4 Å². The molecule has 1 unspecified atom stereocenters. The lowest BCUT2D eigenvalue weighted by atomic mass is 9.72. The number of fused-ring (bicyclic) bond motifs is 2. The van der Waals surface area contributed by atoms with Crippen molar-refractivity contribution >= 4 is 61.9 Å². The van der Waals surface area contributed by atoms with Crippen molar-refractivity contribution in [2.75, 3.05) is 73.4 Å². The highest BCUT2D eigenvalue weighted by Crippen LogP contribution is 2.45. The summed E-state index contributed by atoms with van der Waals surface area (Å²) in [6, 6.07) is 16.0. The van der Waals surface area contributed by atoms with Gasteiger partial charge in [0.05, 0.1) is 45.3 Å². The van der Waals surface area contributed by atoms with Gasteiger partial charge in [-0.1, -0.05) is 6.07 Å². The quantitative estimate of drug-likeness (QED) is 0.180. The van der Waals surface area contributed by atoms with Gasteiger partial charge in [0.1, 0.15) is 41.7 Å². The molecule has 360 valence electrons. The molecule has 3 aromatic carbocycles. The number of hydrogen-bond acceptors (Lipinski definition) is 14. The number of nitrogens with zero attached hydrogens (tertiary/aromatic N) is 9. The molecule has 4 amide bonds. The number of imide groups is 2. The van der Waals surface area contributed by atoms with Gasteiger partial charge in [0.25, 0.3) is 17.4 Å². The minimum Gasteiger partial charge on any atom is -0.453 e. The summed E-state index contributed by atoms with van der Waals surface area (Å²) < 4.78 is 65.1. The Bertz CT molecular complexity index is 3240. The number of alkyl halides is 1. The van der Waals surface area contributed by atoms with Gasteiger partial charge in [-0.2, -0.15) is 18.0 Å². The zero-order valence-corrected chi connectivity index (χ0v) is 38.3. The molecule has 22 heteroatoms. The molecule has 5 saturated heterocycles. The molecule has 11 rings (SSSR count). The largest absolute Gasteiger partial charge is 0.453 e. The lowest BCUT2D eigenvalue weighted by Gasteiger charge is -2.61. The van der Waals surface area contributed by atoms with E-state index in [0.717, 1.165) is 85.8 Å². The monoisotopic (exact) mass is 973 g/mol. The molecule has 0 saturated carbocycles. The van der Waals surface area contributed by atoms with Crippen LogP contribution in [0.15, 0.2) is 78.0 Å². The van der Waals surface area contributed by atoms with Gasteiger partial charge >= 0.3 is 10.2 Å². The van der Waals surface area contributed by atoms with E-state index < -0.39 is 68.7 Å². The van der Waals surface area contributed by atoms with Gasteiger partial charge in [-0.15, -0.1) is 0 Å². The molecule has 0 aliphatic carbocycles. The second kappa shape index (κ2) is 17.3.